The first-order chi connectivity index (χ1) is 13.9. The van der Waals surface area contributed by atoms with Gasteiger partial charge in [-0.3, -0.25) is 19.2 Å². The number of aliphatic hydroxyl groups is 1. The zero-order valence-electron chi connectivity index (χ0n) is 17.0. The van der Waals surface area contributed by atoms with Crippen molar-refractivity contribution >= 4 is 23.7 Å². The molecule has 3 amide bonds. The van der Waals surface area contributed by atoms with E-state index in [-0.39, 0.29) is 12.2 Å². The number of amides is 3. The second kappa shape index (κ2) is 11.1. The maximum atomic E-state index is 12.3. The van der Waals surface area contributed by atoms with Gasteiger partial charge in [0.15, 0.2) is 0 Å². The lowest BCUT2D eigenvalue weighted by Gasteiger charge is -2.24. The molecule has 11 nitrogen and oxygen atoms in total. The fourth-order valence-electron chi connectivity index (χ4n) is 2.41. The van der Waals surface area contributed by atoms with Crippen LogP contribution in [0.2, 0.25) is 0 Å². The number of phenolic OH excluding ortho intramolecular Hbond substituents is 1. The number of aromatic hydroxyl groups is 1. The number of aliphatic hydroxyl groups excluding tert-OH is 1. The predicted molar refractivity (Wildman–Crippen MR) is 106 cm³/mol. The number of benzene rings is 1. The molecule has 166 valence electrons. The molecule has 1 rings (SSSR count). The van der Waals surface area contributed by atoms with Gasteiger partial charge in [-0.15, -0.1) is 0 Å². The second-order valence-electron chi connectivity index (χ2n) is 7.00. The Kier molecular flexibility index (Phi) is 9.21. The van der Waals surface area contributed by atoms with Gasteiger partial charge in [-0.05, 0) is 44.9 Å². The monoisotopic (exact) mass is 424 g/mol. The molecule has 30 heavy (non-hydrogen) atoms. The van der Waals surface area contributed by atoms with Gasteiger partial charge in [0, 0.05) is 0 Å². The van der Waals surface area contributed by atoms with Gasteiger partial charge in [0.25, 0.3) is 0 Å². The highest BCUT2D eigenvalue weighted by molar-refractivity contribution is 5.94. The maximum Gasteiger partial charge on any atom is 0.325 e. The molecular formula is C19H28N4O7. The molecule has 0 heterocycles. The van der Waals surface area contributed by atoms with Gasteiger partial charge in [-0.1, -0.05) is 12.1 Å². The lowest BCUT2D eigenvalue weighted by Crippen LogP contribution is -2.59. The van der Waals surface area contributed by atoms with Crippen molar-refractivity contribution in [2.75, 3.05) is 0 Å². The van der Waals surface area contributed by atoms with Gasteiger partial charge in [-0.25, -0.2) is 0 Å². The van der Waals surface area contributed by atoms with Crippen molar-refractivity contribution in [2.45, 2.75) is 57.5 Å². The summed E-state index contributed by atoms with van der Waals surface area (Å²) in [5, 5.41) is 34.8. The number of nitrogens with two attached hydrogens (primary N) is 1. The number of hydrogen-bond donors (Lipinski definition) is 7. The van der Waals surface area contributed by atoms with Crippen LogP contribution in [-0.4, -0.2) is 69.3 Å². The topological polar surface area (TPSA) is 191 Å². The number of aliphatic carboxylic acids is 1. The van der Waals surface area contributed by atoms with E-state index >= 15 is 0 Å². The molecule has 0 fully saturated rings. The average molecular weight is 424 g/mol. The van der Waals surface area contributed by atoms with Gasteiger partial charge in [0.1, 0.15) is 23.9 Å². The molecule has 0 aliphatic heterocycles. The Morgan fingerprint density at radius 1 is 0.900 bits per heavy atom. The minimum Gasteiger partial charge on any atom is -0.508 e. The molecule has 0 aromatic heterocycles. The van der Waals surface area contributed by atoms with Crippen molar-refractivity contribution in [2.24, 2.45) is 5.73 Å². The third-order valence-corrected chi connectivity index (χ3v) is 4.27. The largest absolute Gasteiger partial charge is 0.508 e. The molecule has 11 heteroatoms. The summed E-state index contributed by atoms with van der Waals surface area (Å²) in [6, 6.07) is 1.48. The third-order valence-electron chi connectivity index (χ3n) is 4.27. The Labute approximate surface area is 173 Å². The molecule has 1 aromatic rings. The van der Waals surface area contributed by atoms with E-state index in [1.165, 1.54) is 32.9 Å². The van der Waals surface area contributed by atoms with E-state index in [0.717, 1.165) is 0 Å². The molecule has 0 aliphatic carbocycles. The van der Waals surface area contributed by atoms with Crippen molar-refractivity contribution in [1.29, 1.82) is 0 Å². The van der Waals surface area contributed by atoms with E-state index < -0.39 is 54.0 Å². The van der Waals surface area contributed by atoms with Gasteiger partial charge in [-0.2, -0.15) is 0 Å². The predicted octanol–water partition coefficient (Wildman–Crippen LogP) is -1.78. The molecular weight excluding hydrogens is 396 g/mol. The standard InChI is InChI=1S/C19H28N4O7/c1-9(21-17(27)14(20)8-12-4-6-13(25)7-5-12)16(26)23-15(11(3)24)18(28)22-10(2)19(29)30/h4-7,9-11,14-15,24-25H,8,20H2,1-3H3,(H,21,27)(H,22,28)(H,23,26)(H,29,30). The lowest BCUT2D eigenvalue weighted by atomic mass is 10.1. The molecule has 0 saturated heterocycles. The summed E-state index contributed by atoms with van der Waals surface area (Å²) >= 11 is 0. The first-order valence-corrected chi connectivity index (χ1v) is 9.27. The van der Waals surface area contributed by atoms with Crippen LogP contribution < -0.4 is 21.7 Å². The molecule has 5 atom stereocenters. The van der Waals surface area contributed by atoms with Gasteiger partial charge < -0.3 is 37.0 Å². The van der Waals surface area contributed by atoms with Crippen LogP contribution in [0.15, 0.2) is 24.3 Å². The molecule has 8 N–H and O–H groups in total. The van der Waals surface area contributed by atoms with E-state index in [0.29, 0.717) is 5.56 Å². The summed E-state index contributed by atoms with van der Waals surface area (Å²) in [5.41, 5.74) is 6.56. The van der Waals surface area contributed by atoms with E-state index in [2.05, 4.69) is 16.0 Å². The zero-order chi connectivity index (χ0) is 23.0. The molecule has 0 bridgehead atoms. The minimum atomic E-state index is -1.41. The van der Waals surface area contributed by atoms with Crippen LogP contribution in [0.3, 0.4) is 0 Å². The highest BCUT2D eigenvalue weighted by atomic mass is 16.4. The average Bonchev–Trinajstić information content (AvgIpc) is 2.66. The smallest absolute Gasteiger partial charge is 0.325 e. The molecule has 1 aromatic carbocycles. The van der Waals surface area contributed by atoms with Crippen LogP contribution >= 0.6 is 0 Å². The SMILES string of the molecule is CC(NC(=O)C(NC(=O)C(C)NC(=O)C(N)Cc1ccc(O)cc1)C(C)O)C(=O)O. The summed E-state index contributed by atoms with van der Waals surface area (Å²) in [6.07, 6.45) is -1.14. The minimum absolute atomic E-state index is 0.0801. The van der Waals surface area contributed by atoms with Crippen molar-refractivity contribution in [3.63, 3.8) is 0 Å². The fraction of sp³-hybridized carbons (Fsp3) is 0.474. The van der Waals surface area contributed by atoms with Crippen LogP contribution in [0, 0.1) is 0 Å². The van der Waals surface area contributed by atoms with Crippen LogP contribution in [0.25, 0.3) is 0 Å². The Morgan fingerprint density at radius 3 is 1.93 bits per heavy atom. The fourth-order valence-corrected chi connectivity index (χ4v) is 2.41. The Morgan fingerprint density at radius 2 is 1.43 bits per heavy atom. The first kappa shape index (κ1) is 24.9. The molecule has 0 spiro atoms. The quantitative estimate of drug-likeness (QED) is 0.229. The van der Waals surface area contributed by atoms with Crippen LogP contribution in [0.5, 0.6) is 5.75 Å². The normalized spacial score (nSPS) is 15.8. The Hall–Kier alpha value is -3.18. The highest BCUT2D eigenvalue weighted by Gasteiger charge is 2.30. The van der Waals surface area contributed by atoms with Crippen molar-refractivity contribution in [3.05, 3.63) is 29.8 Å². The van der Waals surface area contributed by atoms with Gasteiger partial charge >= 0.3 is 5.97 Å². The first-order valence-electron chi connectivity index (χ1n) is 9.27. The molecule has 5 unspecified atom stereocenters. The number of hydrogen-bond acceptors (Lipinski definition) is 7. The van der Waals surface area contributed by atoms with Crippen LogP contribution in [0.1, 0.15) is 26.3 Å². The number of carboxylic acids is 1. The number of carbonyl (C=O) groups is 4. The summed E-state index contributed by atoms with van der Waals surface area (Å²) in [7, 11) is 0. The van der Waals surface area contributed by atoms with E-state index in [1.807, 2.05) is 0 Å². The molecule has 0 aliphatic rings. The number of nitrogens with one attached hydrogen (secondary N) is 3. The Balaban J connectivity index is 2.65. The zero-order valence-corrected chi connectivity index (χ0v) is 17.0. The number of rotatable bonds is 10. The van der Waals surface area contributed by atoms with Crippen molar-refractivity contribution < 1.29 is 34.5 Å². The Bertz CT molecular complexity index is 767. The summed E-state index contributed by atoms with van der Waals surface area (Å²) in [5.74, 6) is -3.44. The van der Waals surface area contributed by atoms with Gasteiger partial charge in [0.2, 0.25) is 17.7 Å². The summed E-state index contributed by atoms with van der Waals surface area (Å²) in [4.78, 5) is 47.6. The van der Waals surface area contributed by atoms with E-state index in [4.69, 9.17) is 10.8 Å². The summed E-state index contributed by atoms with van der Waals surface area (Å²) in [6.45, 7) is 3.86. The molecule has 0 radical (unpaired) electrons. The highest BCUT2D eigenvalue weighted by Crippen LogP contribution is 2.11. The van der Waals surface area contributed by atoms with Crippen molar-refractivity contribution in [1.82, 2.24) is 16.0 Å². The number of carboxylic acid groups (broad SMARTS) is 1. The van der Waals surface area contributed by atoms with E-state index in [1.54, 1.807) is 12.1 Å². The maximum absolute atomic E-state index is 12.3. The molecule has 0 saturated carbocycles. The number of phenols is 1. The second-order valence-corrected chi connectivity index (χ2v) is 7.00. The van der Waals surface area contributed by atoms with Crippen LogP contribution in [-0.2, 0) is 25.6 Å². The van der Waals surface area contributed by atoms with Crippen molar-refractivity contribution in [3.8, 4) is 5.75 Å². The lowest BCUT2D eigenvalue weighted by molar-refractivity contribution is -0.142. The van der Waals surface area contributed by atoms with Crippen LogP contribution in [0.4, 0.5) is 0 Å². The van der Waals surface area contributed by atoms with E-state index in [9.17, 15) is 29.4 Å². The number of carbonyl (C=O) groups excluding carboxylic acids is 3. The summed E-state index contributed by atoms with van der Waals surface area (Å²) < 4.78 is 0. The van der Waals surface area contributed by atoms with Gasteiger partial charge in [0.05, 0.1) is 12.1 Å². The third kappa shape index (κ3) is 7.68.